The van der Waals surface area contributed by atoms with E-state index in [0.29, 0.717) is 0 Å². The lowest BCUT2D eigenvalue weighted by Gasteiger charge is -2.27. The van der Waals surface area contributed by atoms with Gasteiger partial charge in [-0.3, -0.25) is 0 Å². The predicted molar refractivity (Wildman–Crippen MR) is 33.7 cm³/mol. The molecule has 0 spiro atoms. The summed E-state index contributed by atoms with van der Waals surface area (Å²) in [5.74, 6) is 2.06. The standard InChI is InChI=1S/C6H12Si/c1-5(2)6-3-7-4-6/h5-6H,3-4H2,1-2H3. The van der Waals surface area contributed by atoms with Crippen molar-refractivity contribution in [3.8, 4) is 0 Å². The maximum Gasteiger partial charge on any atom is 0.0383 e. The Bertz CT molecular complexity index is 55.2. The van der Waals surface area contributed by atoms with Crippen LogP contribution >= 0.6 is 0 Å². The molecule has 1 rings (SSSR count). The number of hydrogen-bond acceptors (Lipinski definition) is 0. The van der Waals surface area contributed by atoms with Crippen LogP contribution in [-0.2, 0) is 0 Å². The molecule has 2 radical (unpaired) electrons. The average Bonchev–Trinajstić information content (AvgIpc) is 1.23. The molecule has 1 saturated heterocycles. The van der Waals surface area contributed by atoms with Gasteiger partial charge in [-0.1, -0.05) is 25.9 Å². The zero-order chi connectivity index (χ0) is 5.28. The molecule has 0 bridgehead atoms. The molecule has 0 saturated carbocycles. The largest absolute Gasteiger partial charge is 0.0625 e. The van der Waals surface area contributed by atoms with Crippen molar-refractivity contribution in [1.82, 2.24) is 0 Å². The van der Waals surface area contributed by atoms with E-state index in [0.717, 1.165) is 11.8 Å². The Morgan fingerprint density at radius 3 is 2.00 bits per heavy atom. The van der Waals surface area contributed by atoms with Crippen molar-refractivity contribution in [3.05, 3.63) is 0 Å². The predicted octanol–water partition coefficient (Wildman–Crippen LogP) is 1.81. The second-order valence-corrected chi connectivity index (χ2v) is 3.98. The van der Waals surface area contributed by atoms with Crippen LogP contribution in [0.4, 0.5) is 0 Å². The fourth-order valence-corrected chi connectivity index (χ4v) is 2.35. The van der Waals surface area contributed by atoms with Crippen LogP contribution in [0.25, 0.3) is 0 Å². The SMILES string of the molecule is CC(C)C1C[Si]C1. The van der Waals surface area contributed by atoms with Gasteiger partial charge < -0.3 is 0 Å². The molecule has 0 aromatic heterocycles. The van der Waals surface area contributed by atoms with E-state index in [-0.39, 0.29) is 0 Å². The summed E-state index contributed by atoms with van der Waals surface area (Å²) < 4.78 is 0. The van der Waals surface area contributed by atoms with Crippen LogP contribution in [0.1, 0.15) is 13.8 Å². The van der Waals surface area contributed by atoms with Crippen molar-refractivity contribution in [1.29, 1.82) is 0 Å². The molecular formula is C6H12Si. The molecule has 0 aromatic carbocycles. The molecule has 0 atom stereocenters. The Labute approximate surface area is 48.1 Å². The van der Waals surface area contributed by atoms with E-state index in [1.165, 1.54) is 21.6 Å². The molecule has 1 fully saturated rings. The lowest BCUT2D eigenvalue weighted by Crippen LogP contribution is -2.22. The van der Waals surface area contributed by atoms with E-state index >= 15 is 0 Å². The van der Waals surface area contributed by atoms with E-state index < -0.39 is 0 Å². The third-order valence-corrected chi connectivity index (χ3v) is 3.38. The Kier molecular flexibility index (Phi) is 1.52. The van der Waals surface area contributed by atoms with Gasteiger partial charge in [0.25, 0.3) is 0 Å². The van der Waals surface area contributed by atoms with Crippen LogP contribution < -0.4 is 0 Å². The smallest absolute Gasteiger partial charge is 0.0383 e. The molecule has 0 aliphatic carbocycles. The second-order valence-electron chi connectivity index (χ2n) is 2.66. The molecule has 7 heavy (non-hydrogen) atoms. The number of rotatable bonds is 1. The fraction of sp³-hybridized carbons (Fsp3) is 1.00. The topological polar surface area (TPSA) is 0 Å². The lowest BCUT2D eigenvalue weighted by atomic mass is 9.99. The van der Waals surface area contributed by atoms with Gasteiger partial charge in [0.15, 0.2) is 0 Å². The van der Waals surface area contributed by atoms with E-state index in [2.05, 4.69) is 13.8 Å². The average molecular weight is 112 g/mol. The summed E-state index contributed by atoms with van der Waals surface area (Å²) in [5.41, 5.74) is 0. The quantitative estimate of drug-likeness (QED) is 0.454. The van der Waals surface area contributed by atoms with Gasteiger partial charge in [-0.05, 0) is 11.8 Å². The van der Waals surface area contributed by atoms with Gasteiger partial charge in [0.05, 0.1) is 0 Å². The first-order valence-corrected chi connectivity index (χ1v) is 4.43. The molecule has 1 aliphatic rings. The summed E-state index contributed by atoms with van der Waals surface area (Å²) in [6.07, 6.45) is 0. The molecule has 1 aliphatic heterocycles. The maximum atomic E-state index is 2.33. The fourth-order valence-electron chi connectivity index (χ4n) is 0.782. The monoisotopic (exact) mass is 112 g/mol. The minimum absolute atomic E-state index is 0.959. The maximum absolute atomic E-state index is 2.33. The van der Waals surface area contributed by atoms with Crippen LogP contribution in [0.2, 0.25) is 12.1 Å². The van der Waals surface area contributed by atoms with Crippen LogP contribution in [-0.4, -0.2) is 9.52 Å². The van der Waals surface area contributed by atoms with Gasteiger partial charge in [-0.15, -0.1) is 0 Å². The normalized spacial score (nSPS) is 22.7. The summed E-state index contributed by atoms with van der Waals surface area (Å²) in [6.45, 7) is 4.66. The van der Waals surface area contributed by atoms with E-state index in [1.807, 2.05) is 0 Å². The second kappa shape index (κ2) is 1.99. The van der Waals surface area contributed by atoms with Crippen molar-refractivity contribution in [2.45, 2.75) is 25.9 Å². The lowest BCUT2D eigenvalue weighted by molar-refractivity contribution is 0.424. The molecule has 0 amide bonds. The summed E-state index contributed by atoms with van der Waals surface area (Å²) in [6, 6.07) is 3.05. The molecule has 1 heteroatoms. The third-order valence-electron chi connectivity index (χ3n) is 1.76. The Balaban J connectivity index is 2.14. The number of hydrogen-bond donors (Lipinski definition) is 0. The van der Waals surface area contributed by atoms with Gasteiger partial charge >= 0.3 is 0 Å². The molecule has 0 N–H and O–H groups in total. The van der Waals surface area contributed by atoms with Crippen molar-refractivity contribution in [2.75, 3.05) is 0 Å². The summed E-state index contributed by atoms with van der Waals surface area (Å²) in [4.78, 5) is 0. The molecule has 0 nitrogen and oxygen atoms in total. The van der Waals surface area contributed by atoms with Crippen LogP contribution in [0.15, 0.2) is 0 Å². The van der Waals surface area contributed by atoms with Crippen molar-refractivity contribution in [2.24, 2.45) is 11.8 Å². The minimum Gasteiger partial charge on any atom is -0.0625 e. The Morgan fingerprint density at radius 2 is 2.00 bits per heavy atom. The molecule has 40 valence electrons. The van der Waals surface area contributed by atoms with E-state index in [4.69, 9.17) is 0 Å². The molecular weight excluding hydrogens is 100 g/mol. The van der Waals surface area contributed by atoms with Crippen LogP contribution in [0, 0.1) is 11.8 Å². The Morgan fingerprint density at radius 1 is 1.43 bits per heavy atom. The highest BCUT2D eigenvalue weighted by molar-refractivity contribution is 6.39. The van der Waals surface area contributed by atoms with Crippen molar-refractivity contribution < 1.29 is 0 Å². The summed E-state index contributed by atoms with van der Waals surface area (Å²) in [7, 11) is 1.29. The van der Waals surface area contributed by atoms with Gasteiger partial charge in [0, 0.05) is 9.52 Å². The zero-order valence-electron chi connectivity index (χ0n) is 5.07. The van der Waals surface area contributed by atoms with E-state index in [1.54, 1.807) is 0 Å². The van der Waals surface area contributed by atoms with Crippen molar-refractivity contribution >= 4 is 9.52 Å². The van der Waals surface area contributed by atoms with Crippen LogP contribution in [0.3, 0.4) is 0 Å². The summed E-state index contributed by atoms with van der Waals surface area (Å²) in [5, 5.41) is 0. The first-order chi connectivity index (χ1) is 3.30. The van der Waals surface area contributed by atoms with Crippen LogP contribution in [0.5, 0.6) is 0 Å². The molecule has 0 aromatic rings. The molecule has 0 unspecified atom stereocenters. The van der Waals surface area contributed by atoms with Gasteiger partial charge in [0.1, 0.15) is 0 Å². The zero-order valence-corrected chi connectivity index (χ0v) is 6.07. The van der Waals surface area contributed by atoms with Crippen molar-refractivity contribution in [3.63, 3.8) is 0 Å². The highest BCUT2D eigenvalue weighted by Crippen LogP contribution is 2.28. The third kappa shape index (κ3) is 1.06. The van der Waals surface area contributed by atoms with Gasteiger partial charge in [0.2, 0.25) is 0 Å². The van der Waals surface area contributed by atoms with E-state index in [9.17, 15) is 0 Å². The minimum atomic E-state index is 0.959. The first-order valence-electron chi connectivity index (χ1n) is 3.01. The molecule has 1 heterocycles. The Hall–Kier alpha value is 0.217. The van der Waals surface area contributed by atoms with Gasteiger partial charge in [-0.25, -0.2) is 0 Å². The highest BCUT2D eigenvalue weighted by Gasteiger charge is 2.20. The first kappa shape index (κ1) is 5.36. The highest BCUT2D eigenvalue weighted by atomic mass is 28.2. The van der Waals surface area contributed by atoms with Gasteiger partial charge in [-0.2, -0.15) is 0 Å². The summed E-state index contributed by atoms with van der Waals surface area (Å²) >= 11 is 0.